The van der Waals surface area contributed by atoms with Crippen LogP contribution in [-0.4, -0.2) is 77.8 Å². The van der Waals surface area contributed by atoms with Crippen LogP contribution in [0.25, 0.3) is 0 Å². The zero-order chi connectivity index (χ0) is 26.9. The first-order chi connectivity index (χ1) is 17.5. The lowest BCUT2D eigenvalue weighted by Crippen LogP contribution is -2.56. The Hall–Kier alpha value is -2.87. The van der Waals surface area contributed by atoms with Crippen molar-refractivity contribution in [1.82, 2.24) is 24.3 Å². The van der Waals surface area contributed by atoms with E-state index >= 15 is 0 Å². The van der Waals surface area contributed by atoms with Crippen molar-refractivity contribution in [3.05, 3.63) is 35.1 Å². The number of methoxy groups -OCH3 is 1. The largest absolute Gasteiger partial charge is 0.497 e. The molecule has 2 fully saturated rings. The fraction of sp³-hybridized carbons (Fsp3) is 0.522. The molecule has 4 rings (SSSR count). The molecule has 1 saturated carbocycles. The minimum Gasteiger partial charge on any atom is -0.497 e. The van der Waals surface area contributed by atoms with E-state index in [2.05, 4.69) is 15.7 Å². The van der Waals surface area contributed by atoms with E-state index in [1.165, 1.54) is 30.7 Å². The summed E-state index contributed by atoms with van der Waals surface area (Å²) in [7, 11) is -1.21. The third kappa shape index (κ3) is 5.54. The molecular weight excluding hydrogens is 522 g/mol. The highest BCUT2D eigenvalue weighted by Crippen LogP contribution is 2.32. The summed E-state index contributed by atoms with van der Waals surface area (Å²) >= 11 is 6.28. The molecule has 202 valence electrons. The number of amides is 3. The molecule has 0 radical (unpaired) electrons. The summed E-state index contributed by atoms with van der Waals surface area (Å²) < 4.78 is 34.9. The molecule has 1 aliphatic carbocycles. The molecule has 1 aliphatic heterocycles. The number of rotatable bonds is 6. The Labute approximate surface area is 221 Å². The van der Waals surface area contributed by atoms with E-state index in [1.54, 1.807) is 24.3 Å². The molecule has 37 heavy (non-hydrogen) atoms. The summed E-state index contributed by atoms with van der Waals surface area (Å²) in [6.07, 6.45) is 1.46. The Morgan fingerprint density at radius 1 is 1.14 bits per heavy atom. The van der Waals surface area contributed by atoms with Crippen molar-refractivity contribution in [3.63, 3.8) is 0 Å². The zero-order valence-corrected chi connectivity index (χ0v) is 22.6. The lowest BCUT2D eigenvalue weighted by atomic mass is 9.92. The van der Waals surface area contributed by atoms with Crippen LogP contribution < -0.4 is 21.1 Å². The number of ether oxygens (including phenoxy) is 1. The highest BCUT2D eigenvalue weighted by Gasteiger charge is 2.48. The number of nitrogens with zero attached hydrogens (tertiary/aromatic N) is 4. The van der Waals surface area contributed by atoms with Gasteiger partial charge in [-0.25, -0.2) is 13.2 Å². The maximum Gasteiger partial charge on any atom is 0.323 e. The van der Waals surface area contributed by atoms with Gasteiger partial charge in [-0.1, -0.05) is 11.6 Å². The van der Waals surface area contributed by atoms with Gasteiger partial charge in [-0.2, -0.15) is 9.40 Å². The Morgan fingerprint density at radius 2 is 1.78 bits per heavy atom. The van der Waals surface area contributed by atoms with Gasteiger partial charge in [0.1, 0.15) is 15.8 Å². The van der Waals surface area contributed by atoms with Crippen LogP contribution in [0, 0.1) is 6.92 Å². The first-order valence-corrected chi connectivity index (χ1v) is 13.8. The van der Waals surface area contributed by atoms with Crippen LogP contribution >= 0.6 is 11.6 Å². The number of hydrogen-bond acceptors (Lipinski definition) is 7. The molecule has 2 heterocycles. The molecule has 4 N–H and O–H groups in total. The molecule has 1 saturated heterocycles. The highest BCUT2D eigenvalue weighted by atomic mass is 35.5. The number of halogens is 1. The summed E-state index contributed by atoms with van der Waals surface area (Å²) in [4.78, 5) is 27.9. The van der Waals surface area contributed by atoms with Gasteiger partial charge in [0.05, 0.1) is 12.8 Å². The predicted octanol–water partition coefficient (Wildman–Crippen LogP) is 1.64. The summed E-state index contributed by atoms with van der Waals surface area (Å²) in [6, 6.07) is 5.98. The first-order valence-electron chi connectivity index (χ1n) is 12.0. The number of carbonyl (C=O) groups excluding carboxylic acids is 2. The first kappa shape index (κ1) is 27.2. The zero-order valence-electron chi connectivity index (χ0n) is 21.0. The number of urea groups is 1. The molecule has 3 amide bonds. The smallest absolute Gasteiger partial charge is 0.323 e. The van der Waals surface area contributed by atoms with Gasteiger partial charge >= 0.3 is 6.03 Å². The monoisotopic (exact) mass is 553 g/mol. The van der Waals surface area contributed by atoms with Gasteiger partial charge in [0.25, 0.3) is 5.91 Å². The standard InChI is InChI=1S/C23H32ClN7O5S/c1-14-19(20(24)29(2)28-14)37(34,35)31-13-12-30(23(33)27-17-8-10-18(36-3)11-9-17)22(31)21(32)26-16-6-4-15(25)5-7-16/h8-11,15-16,22H,4-7,12-13,25H2,1-3H3,(H,26,32)(H,27,33). The van der Waals surface area contributed by atoms with Crippen molar-refractivity contribution in [2.45, 2.75) is 55.8 Å². The molecule has 2 aliphatic rings. The second-order valence-corrected chi connectivity index (χ2v) is 11.5. The number of aromatic nitrogens is 2. The van der Waals surface area contributed by atoms with Gasteiger partial charge in [-0.15, -0.1) is 0 Å². The van der Waals surface area contributed by atoms with Crippen LogP contribution in [0.4, 0.5) is 10.5 Å². The van der Waals surface area contributed by atoms with Crippen LogP contribution in [0.5, 0.6) is 5.75 Å². The number of anilines is 1. The van der Waals surface area contributed by atoms with Crippen molar-refractivity contribution in [2.24, 2.45) is 12.8 Å². The van der Waals surface area contributed by atoms with Crippen molar-refractivity contribution < 1.29 is 22.7 Å². The normalized spacial score (nSPS) is 22.6. The van der Waals surface area contributed by atoms with Crippen molar-refractivity contribution in [3.8, 4) is 5.75 Å². The lowest BCUT2D eigenvalue weighted by molar-refractivity contribution is -0.128. The van der Waals surface area contributed by atoms with Gasteiger partial charge in [0.2, 0.25) is 10.0 Å². The van der Waals surface area contributed by atoms with Crippen molar-refractivity contribution in [2.75, 3.05) is 25.5 Å². The Balaban J connectivity index is 1.63. The molecule has 1 atom stereocenters. The van der Waals surface area contributed by atoms with Crippen molar-refractivity contribution >= 4 is 39.2 Å². The van der Waals surface area contributed by atoms with Crippen LogP contribution in [0.3, 0.4) is 0 Å². The number of nitrogens with two attached hydrogens (primary N) is 1. The fourth-order valence-electron chi connectivity index (χ4n) is 4.77. The molecule has 14 heteroatoms. The van der Waals surface area contributed by atoms with E-state index in [9.17, 15) is 18.0 Å². The molecule has 1 unspecified atom stereocenters. The molecule has 1 aromatic heterocycles. The topological polar surface area (TPSA) is 152 Å². The maximum atomic E-state index is 13.8. The summed E-state index contributed by atoms with van der Waals surface area (Å²) in [5, 5.41) is 9.72. The van der Waals surface area contributed by atoms with Crippen LogP contribution in [-0.2, 0) is 21.9 Å². The van der Waals surface area contributed by atoms with E-state index in [1.807, 2.05) is 0 Å². The van der Waals surface area contributed by atoms with Crippen molar-refractivity contribution in [1.29, 1.82) is 0 Å². The van der Waals surface area contributed by atoms with Crippen LogP contribution in [0.15, 0.2) is 29.2 Å². The molecule has 1 aromatic carbocycles. The van der Waals surface area contributed by atoms with E-state index < -0.39 is 28.1 Å². The third-order valence-corrected chi connectivity index (χ3v) is 9.30. The Bertz CT molecular complexity index is 1260. The second kappa shape index (κ2) is 10.9. The number of aryl methyl sites for hydroxylation is 2. The minimum atomic E-state index is -4.27. The van der Waals surface area contributed by atoms with Crippen LogP contribution in [0.1, 0.15) is 31.4 Å². The number of nitrogens with one attached hydrogen (secondary N) is 2. The van der Waals surface area contributed by atoms with Gasteiger partial charge < -0.3 is 21.1 Å². The average molecular weight is 554 g/mol. The molecule has 0 bridgehead atoms. The predicted molar refractivity (Wildman–Crippen MR) is 138 cm³/mol. The molecule has 0 spiro atoms. The summed E-state index contributed by atoms with van der Waals surface area (Å²) in [5.74, 6) is 0.0358. The van der Waals surface area contributed by atoms with Gasteiger partial charge in [0.15, 0.2) is 6.17 Å². The minimum absolute atomic E-state index is 0.00573. The fourth-order valence-corrected chi connectivity index (χ4v) is 7.03. The van der Waals surface area contributed by atoms with E-state index in [0.717, 1.165) is 17.1 Å². The second-order valence-electron chi connectivity index (χ2n) is 9.29. The molecule has 2 aromatic rings. The Morgan fingerprint density at radius 3 is 2.35 bits per heavy atom. The number of benzene rings is 1. The van der Waals surface area contributed by atoms with Gasteiger partial charge in [-0.05, 0) is 56.9 Å². The van der Waals surface area contributed by atoms with E-state index in [4.69, 9.17) is 22.1 Å². The SMILES string of the molecule is COc1ccc(NC(=O)N2CCN(S(=O)(=O)c3c(C)nn(C)c3Cl)C2C(=O)NC2CCC(N)CC2)cc1. The quantitative estimate of drug-likeness (QED) is 0.491. The Kier molecular flexibility index (Phi) is 7.97. The van der Waals surface area contributed by atoms with Crippen LogP contribution in [0.2, 0.25) is 5.15 Å². The lowest BCUT2D eigenvalue weighted by Gasteiger charge is -2.32. The van der Waals surface area contributed by atoms with Gasteiger partial charge in [0, 0.05) is 37.9 Å². The van der Waals surface area contributed by atoms with Gasteiger partial charge in [-0.3, -0.25) is 14.4 Å². The van der Waals surface area contributed by atoms with E-state index in [0.29, 0.717) is 24.3 Å². The summed E-state index contributed by atoms with van der Waals surface area (Å²) in [6.45, 7) is 1.45. The maximum absolute atomic E-state index is 13.8. The summed E-state index contributed by atoms with van der Waals surface area (Å²) in [5.41, 5.74) is 6.66. The molecular formula is C23H32ClN7O5S. The molecule has 12 nitrogen and oxygen atoms in total. The number of hydrogen-bond donors (Lipinski definition) is 3. The number of carbonyl (C=O) groups is 2. The van der Waals surface area contributed by atoms with E-state index in [-0.39, 0.29) is 40.9 Å². The average Bonchev–Trinajstić information content (AvgIpc) is 3.42. The number of sulfonamides is 1. The third-order valence-electron chi connectivity index (χ3n) is 6.75. The highest BCUT2D eigenvalue weighted by molar-refractivity contribution is 7.89.